The molecule has 4 nitrogen and oxygen atoms in total. The number of fused-ring (bicyclic) bond motifs is 1. The van der Waals surface area contributed by atoms with Crippen LogP contribution in [0.25, 0.3) is 0 Å². The first kappa shape index (κ1) is 15.4. The smallest absolute Gasteiger partial charge is 0.268 e. The first-order valence-corrected chi connectivity index (χ1v) is 9.13. The van der Waals surface area contributed by atoms with E-state index in [0.717, 1.165) is 21.3 Å². The maximum Gasteiger partial charge on any atom is 0.268 e. The Kier molecular flexibility index (Phi) is 3.91. The Hall–Kier alpha value is -1.53. The zero-order valence-corrected chi connectivity index (χ0v) is 14.7. The molecule has 2 aromatic rings. The van der Waals surface area contributed by atoms with E-state index in [1.807, 2.05) is 31.2 Å². The molecular weight excluding hydrogens is 366 g/mol. The van der Waals surface area contributed by atoms with Crippen LogP contribution in [-0.4, -0.2) is 22.1 Å². The summed E-state index contributed by atoms with van der Waals surface area (Å²) >= 11 is 3.49. The molecule has 0 aromatic heterocycles. The third kappa shape index (κ3) is 2.40. The summed E-state index contributed by atoms with van der Waals surface area (Å²) in [5, 5.41) is 0. The second kappa shape index (κ2) is 5.59. The van der Waals surface area contributed by atoms with Crippen LogP contribution in [0.2, 0.25) is 0 Å². The first-order chi connectivity index (χ1) is 10.4. The fourth-order valence-corrected chi connectivity index (χ4v) is 5.01. The van der Waals surface area contributed by atoms with Gasteiger partial charge in [0, 0.05) is 11.0 Å². The van der Waals surface area contributed by atoms with E-state index in [1.54, 1.807) is 12.1 Å². The van der Waals surface area contributed by atoms with Crippen LogP contribution in [0, 0.1) is 6.92 Å². The molecule has 1 aliphatic rings. The molecule has 0 bridgehead atoms. The van der Waals surface area contributed by atoms with Crippen molar-refractivity contribution in [1.29, 1.82) is 0 Å². The number of hydrogen-bond acceptors (Lipinski definition) is 3. The van der Waals surface area contributed by atoms with Gasteiger partial charge < -0.3 is 4.74 Å². The maximum absolute atomic E-state index is 13.1. The van der Waals surface area contributed by atoms with Gasteiger partial charge in [0.1, 0.15) is 10.6 Å². The third-order valence-electron chi connectivity index (χ3n) is 3.81. The largest absolute Gasteiger partial charge is 0.495 e. The zero-order chi connectivity index (χ0) is 15.9. The summed E-state index contributed by atoms with van der Waals surface area (Å²) in [6.07, 6.45) is 0.699. The molecule has 0 saturated heterocycles. The van der Waals surface area contributed by atoms with Gasteiger partial charge in [0.2, 0.25) is 0 Å². The van der Waals surface area contributed by atoms with Crippen molar-refractivity contribution in [3.63, 3.8) is 0 Å². The lowest BCUT2D eigenvalue weighted by Gasteiger charge is -2.21. The Morgan fingerprint density at radius 2 is 2.00 bits per heavy atom. The molecule has 0 spiro atoms. The Morgan fingerprint density at radius 3 is 2.73 bits per heavy atom. The fraction of sp³-hybridized carbons (Fsp3) is 0.250. The van der Waals surface area contributed by atoms with Crippen LogP contribution in [0.5, 0.6) is 5.75 Å². The van der Waals surface area contributed by atoms with Crippen molar-refractivity contribution < 1.29 is 13.2 Å². The van der Waals surface area contributed by atoms with Gasteiger partial charge >= 0.3 is 0 Å². The van der Waals surface area contributed by atoms with Gasteiger partial charge in [0.15, 0.2) is 0 Å². The number of methoxy groups -OCH3 is 1. The summed E-state index contributed by atoms with van der Waals surface area (Å²) in [6, 6.07) is 10.8. The van der Waals surface area contributed by atoms with Crippen molar-refractivity contribution in [3.8, 4) is 5.75 Å². The number of rotatable bonds is 3. The first-order valence-electron chi connectivity index (χ1n) is 6.90. The quantitative estimate of drug-likeness (QED) is 0.816. The average Bonchev–Trinajstić information content (AvgIpc) is 2.93. The molecule has 0 amide bonds. The average molecular weight is 382 g/mol. The van der Waals surface area contributed by atoms with Crippen LogP contribution in [0.4, 0.5) is 5.69 Å². The van der Waals surface area contributed by atoms with Gasteiger partial charge in [-0.1, -0.05) is 28.1 Å². The predicted octanol–water partition coefficient (Wildman–Crippen LogP) is 3.52. The van der Waals surface area contributed by atoms with Crippen molar-refractivity contribution in [2.45, 2.75) is 18.2 Å². The highest BCUT2D eigenvalue weighted by Crippen LogP contribution is 2.38. The SMILES string of the molecule is COc1ccc(C)cc1S(=O)(=O)N1CCc2c(Br)cccc21. The second-order valence-corrected chi connectivity index (χ2v) is 7.90. The van der Waals surface area contributed by atoms with Crippen LogP contribution in [0.3, 0.4) is 0 Å². The molecule has 22 heavy (non-hydrogen) atoms. The highest BCUT2D eigenvalue weighted by atomic mass is 79.9. The minimum absolute atomic E-state index is 0.211. The summed E-state index contributed by atoms with van der Waals surface area (Å²) in [5.74, 6) is 0.369. The van der Waals surface area contributed by atoms with E-state index in [2.05, 4.69) is 15.9 Å². The molecule has 3 rings (SSSR count). The molecule has 0 atom stereocenters. The molecule has 1 heterocycles. The molecule has 1 aliphatic heterocycles. The van der Waals surface area contributed by atoms with E-state index in [-0.39, 0.29) is 4.90 Å². The summed E-state index contributed by atoms with van der Waals surface area (Å²) in [4.78, 5) is 0.211. The predicted molar refractivity (Wildman–Crippen MR) is 90.1 cm³/mol. The van der Waals surface area contributed by atoms with E-state index in [9.17, 15) is 8.42 Å². The molecule has 0 aliphatic carbocycles. The van der Waals surface area contributed by atoms with Gasteiger partial charge in [-0.05, 0) is 48.7 Å². The number of halogens is 1. The minimum Gasteiger partial charge on any atom is -0.495 e. The van der Waals surface area contributed by atoms with Crippen molar-refractivity contribution in [1.82, 2.24) is 0 Å². The Balaban J connectivity index is 2.14. The number of ether oxygens (including phenoxy) is 1. The number of sulfonamides is 1. The van der Waals surface area contributed by atoms with Crippen LogP contribution in [0.15, 0.2) is 45.8 Å². The van der Waals surface area contributed by atoms with Crippen molar-refractivity contribution in [2.75, 3.05) is 18.0 Å². The topological polar surface area (TPSA) is 46.6 Å². The highest BCUT2D eigenvalue weighted by molar-refractivity contribution is 9.10. The van der Waals surface area contributed by atoms with Gasteiger partial charge in [-0.2, -0.15) is 0 Å². The van der Waals surface area contributed by atoms with Crippen molar-refractivity contribution >= 4 is 31.6 Å². The normalized spacial score (nSPS) is 14.0. The van der Waals surface area contributed by atoms with Crippen LogP contribution >= 0.6 is 15.9 Å². The summed E-state index contributed by atoms with van der Waals surface area (Å²) in [7, 11) is -2.16. The van der Waals surface area contributed by atoms with Crippen LogP contribution in [-0.2, 0) is 16.4 Å². The Morgan fingerprint density at radius 1 is 1.23 bits per heavy atom. The molecule has 116 valence electrons. The fourth-order valence-electron chi connectivity index (χ4n) is 2.72. The number of benzene rings is 2. The van der Waals surface area contributed by atoms with Crippen molar-refractivity contribution in [3.05, 3.63) is 52.0 Å². The van der Waals surface area contributed by atoms with Gasteiger partial charge in [0.25, 0.3) is 10.0 Å². The molecule has 0 radical (unpaired) electrons. The monoisotopic (exact) mass is 381 g/mol. The molecule has 0 unspecified atom stereocenters. The standard InChI is InChI=1S/C16H16BrNO3S/c1-11-6-7-15(21-2)16(10-11)22(19,20)18-9-8-12-13(17)4-3-5-14(12)18/h3-7,10H,8-9H2,1-2H3. The van der Waals surface area contributed by atoms with E-state index in [4.69, 9.17) is 4.74 Å². The van der Waals surface area contributed by atoms with Gasteiger partial charge in [-0.15, -0.1) is 0 Å². The minimum atomic E-state index is -3.65. The van der Waals surface area contributed by atoms with Gasteiger partial charge in [-0.25, -0.2) is 8.42 Å². The Labute approximate surface area is 138 Å². The summed E-state index contributed by atoms with van der Waals surface area (Å²) in [6.45, 7) is 2.31. The van der Waals surface area contributed by atoms with Gasteiger partial charge in [-0.3, -0.25) is 4.31 Å². The van der Waals surface area contributed by atoms with Crippen LogP contribution in [0.1, 0.15) is 11.1 Å². The highest BCUT2D eigenvalue weighted by Gasteiger charge is 2.33. The lowest BCUT2D eigenvalue weighted by atomic mass is 10.2. The zero-order valence-electron chi connectivity index (χ0n) is 12.3. The molecular formula is C16H16BrNO3S. The number of hydrogen-bond donors (Lipinski definition) is 0. The third-order valence-corrected chi connectivity index (χ3v) is 6.39. The Bertz CT molecular complexity index is 833. The van der Waals surface area contributed by atoms with E-state index in [1.165, 1.54) is 11.4 Å². The second-order valence-electron chi connectivity index (χ2n) is 5.22. The van der Waals surface area contributed by atoms with E-state index >= 15 is 0 Å². The molecule has 0 N–H and O–H groups in total. The van der Waals surface area contributed by atoms with E-state index in [0.29, 0.717) is 18.7 Å². The van der Waals surface area contributed by atoms with Gasteiger partial charge in [0.05, 0.1) is 12.8 Å². The molecule has 2 aromatic carbocycles. The molecule has 6 heteroatoms. The van der Waals surface area contributed by atoms with Crippen LogP contribution < -0.4 is 9.04 Å². The lowest BCUT2D eigenvalue weighted by molar-refractivity contribution is 0.402. The number of anilines is 1. The summed E-state index contributed by atoms with van der Waals surface area (Å²) in [5.41, 5.74) is 2.64. The van der Waals surface area contributed by atoms with E-state index < -0.39 is 10.0 Å². The maximum atomic E-state index is 13.1. The number of aryl methyl sites for hydroxylation is 1. The van der Waals surface area contributed by atoms with Crippen molar-refractivity contribution in [2.24, 2.45) is 0 Å². The molecule has 0 saturated carbocycles. The summed E-state index contributed by atoms with van der Waals surface area (Å²) < 4.78 is 33.8. The molecule has 0 fully saturated rings. The number of nitrogens with zero attached hydrogens (tertiary/aromatic N) is 1. The lowest BCUT2D eigenvalue weighted by Crippen LogP contribution is -2.29.